The first kappa shape index (κ1) is 22.8. The molecule has 0 fully saturated rings. The molecule has 0 atom stereocenters. The lowest BCUT2D eigenvalue weighted by atomic mass is 10.1. The molecule has 0 unspecified atom stereocenters. The Balaban J connectivity index is 1.49. The molecular weight excluding hydrogens is 426 g/mol. The van der Waals surface area contributed by atoms with Gasteiger partial charge in [0.1, 0.15) is 13.2 Å². The van der Waals surface area contributed by atoms with E-state index in [9.17, 15) is 9.59 Å². The Bertz CT molecular complexity index is 1220. The first-order chi connectivity index (χ1) is 16.7. The minimum absolute atomic E-state index is 0.237. The van der Waals surface area contributed by atoms with E-state index in [0.717, 1.165) is 16.7 Å². The summed E-state index contributed by atoms with van der Waals surface area (Å²) in [6.45, 7) is 0.939. The second kappa shape index (κ2) is 11.5. The monoisotopic (exact) mass is 451 g/mol. The molecular formula is C29H25NO4. The number of carbonyl (C=O) groups is 2. The third-order valence-corrected chi connectivity index (χ3v) is 5.18. The fraction of sp³-hybridized carbons (Fsp3) is 0.103. The first-order valence-corrected chi connectivity index (χ1v) is 11.0. The highest BCUT2D eigenvalue weighted by Gasteiger charge is 2.19. The Kier molecular flexibility index (Phi) is 7.70. The third kappa shape index (κ3) is 6.33. The van der Waals surface area contributed by atoms with E-state index in [-0.39, 0.29) is 12.1 Å². The highest BCUT2D eigenvalue weighted by atomic mass is 16.5. The van der Waals surface area contributed by atoms with Crippen LogP contribution in [0.3, 0.4) is 0 Å². The zero-order valence-corrected chi connectivity index (χ0v) is 18.6. The van der Waals surface area contributed by atoms with Crippen molar-refractivity contribution in [1.29, 1.82) is 0 Å². The summed E-state index contributed by atoms with van der Waals surface area (Å²) in [5, 5.41) is 2.68. The summed E-state index contributed by atoms with van der Waals surface area (Å²) in [5.41, 5.74) is 3.15. The molecule has 0 aliphatic heterocycles. The van der Waals surface area contributed by atoms with Crippen LogP contribution in [0.1, 0.15) is 27.0 Å². The van der Waals surface area contributed by atoms with Gasteiger partial charge in [0.25, 0.3) is 5.91 Å². The van der Waals surface area contributed by atoms with Gasteiger partial charge in [0.15, 0.2) is 11.5 Å². The van der Waals surface area contributed by atoms with Crippen molar-refractivity contribution in [1.82, 2.24) is 5.32 Å². The van der Waals surface area contributed by atoms with Crippen LogP contribution in [0.5, 0.6) is 11.5 Å². The minimum atomic E-state index is -0.671. The smallest absolute Gasteiger partial charge is 0.292 e. The van der Waals surface area contributed by atoms with Crippen molar-refractivity contribution in [3.05, 3.63) is 131 Å². The molecule has 5 heteroatoms. The van der Waals surface area contributed by atoms with E-state index in [1.807, 2.05) is 91.0 Å². The molecule has 0 saturated heterocycles. The van der Waals surface area contributed by atoms with Crippen molar-refractivity contribution in [3.63, 3.8) is 0 Å². The predicted octanol–water partition coefficient (Wildman–Crippen LogP) is 5.34. The molecule has 1 amide bonds. The fourth-order valence-corrected chi connectivity index (χ4v) is 3.34. The van der Waals surface area contributed by atoms with Gasteiger partial charge in [0.2, 0.25) is 5.78 Å². The molecule has 0 saturated carbocycles. The molecule has 0 aromatic heterocycles. The molecule has 0 heterocycles. The maximum atomic E-state index is 12.8. The fourth-order valence-electron chi connectivity index (χ4n) is 3.34. The Morgan fingerprint density at radius 3 is 1.65 bits per heavy atom. The Hall–Kier alpha value is -4.38. The van der Waals surface area contributed by atoms with Crippen LogP contribution in [0.25, 0.3) is 0 Å². The van der Waals surface area contributed by atoms with Gasteiger partial charge in [-0.15, -0.1) is 0 Å². The van der Waals surface area contributed by atoms with Crippen molar-refractivity contribution >= 4 is 11.7 Å². The number of nitrogens with one attached hydrogen (secondary N) is 1. The average molecular weight is 452 g/mol. The Labute approximate surface area is 199 Å². The van der Waals surface area contributed by atoms with Gasteiger partial charge < -0.3 is 14.8 Å². The summed E-state index contributed by atoms with van der Waals surface area (Å²) in [7, 11) is 0. The van der Waals surface area contributed by atoms with Gasteiger partial charge in [-0.2, -0.15) is 0 Å². The zero-order valence-electron chi connectivity index (χ0n) is 18.6. The molecule has 4 aromatic carbocycles. The van der Waals surface area contributed by atoms with Crippen molar-refractivity contribution in [2.24, 2.45) is 0 Å². The number of carbonyl (C=O) groups excluding carboxylic acids is 2. The first-order valence-electron chi connectivity index (χ1n) is 11.0. The summed E-state index contributed by atoms with van der Waals surface area (Å²) >= 11 is 0. The molecule has 1 N–H and O–H groups in total. The quantitative estimate of drug-likeness (QED) is 0.261. The van der Waals surface area contributed by atoms with E-state index in [1.165, 1.54) is 0 Å². The minimum Gasteiger partial charge on any atom is -0.485 e. The topological polar surface area (TPSA) is 64.6 Å². The molecule has 0 bridgehead atoms. The highest BCUT2D eigenvalue weighted by molar-refractivity contribution is 6.42. The van der Waals surface area contributed by atoms with Crippen LogP contribution < -0.4 is 14.8 Å². The van der Waals surface area contributed by atoms with Crippen molar-refractivity contribution in [2.75, 3.05) is 0 Å². The van der Waals surface area contributed by atoms with Crippen molar-refractivity contribution in [3.8, 4) is 11.5 Å². The summed E-state index contributed by atoms with van der Waals surface area (Å²) in [5.74, 6) is -0.395. The molecule has 5 nitrogen and oxygen atoms in total. The van der Waals surface area contributed by atoms with Crippen LogP contribution in [-0.4, -0.2) is 11.7 Å². The Morgan fingerprint density at radius 1 is 0.588 bits per heavy atom. The molecule has 4 aromatic rings. The van der Waals surface area contributed by atoms with Crippen LogP contribution in [-0.2, 0) is 24.6 Å². The van der Waals surface area contributed by atoms with E-state index in [2.05, 4.69) is 5.32 Å². The number of ketones is 1. The lowest BCUT2D eigenvalue weighted by molar-refractivity contribution is -0.117. The van der Waals surface area contributed by atoms with Gasteiger partial charge in [0, 0.05) is 12.1 Å². The number of ether oxygens (including phenoxy) is 2. The van der Waals surface area contributed by atoms with Gasteiger partial charge in [-0.1, -0.05) is 91.0 Å². The molecule has 34 heavy (non-hydrogen) atoms. The molecule has 4 rings (SSSR count). The number of Topliss-reactive ketones (excluding diaryl/α,β-unsaturated/α-hetero) is 1. The molecule has 0 spiro atoms. The lowest BCUT2D eigenvalue weighted by Crippen LogP contribution is -2.30. The normalized spacial score (nSPS) is 10.4. The standard InChI is InChI=1S/C29H25NO4/c31-28(29(32)30-19-22-10-4-1-5-11-22)25-16-17-26(33-20-23-12-6-2-7-13-23)27(18-25)34-21-24-14-8-3-9-15-24/h1-18H,19-21H2,(H,30,32). The Morgan fingerprint density at radius 2 is 1.09 bits per heavy atom. The number of rotatable bonds is 10. The van der Waals surface area contributed by atoms with Gasteiger partial charge in [-0.25, -0.2) is 0 Å². The summed E-state index contributed by atoms with van der Waals surface area (Å²) in [4.78, 5) is 25.2. The number of hydrogen-bond acceptors (Lipinski definition) is 4. The van der Waals surface area contributed by atoms with Crippen LogP contribution in [0, 0.1) is 0 Å². The van der Waals surface area contributed by atoms with Gasteiger partial charge in [0.05, 0.1) is 0 Å². The SMILES string of the molecule is O=C(NCc1ccccc1)C(=O)c1ccc(OCc2ccccc2)c(OCc2ccccc2)c1. The average Bonchev–Trinajstić information content (AvgIpc) is 2.91. The number of amides is 1. The second-order valence-electron chi connectivity index (χ2n) is 7.71. The molecule has 170 valence electrons. The van der Waals surface area contributed by atoms with Crippen molar-refractivity contribution < 1.29 is 19.1 Å². The molecule has 0 radical (unpaired) electrons. The van der Waals surface area contributed by atoms with E-state index in [4.69, 9.17) is 9.47 Å². The third-order valence-electron chi connectivity index (χ3n) is 5.18. The van der Waals surface area contributed by atoms with E-state index in [0.29, 0.717) is 24.7 Å². The highest BCUT2D eigenvalue weighted by Crippen LogP contribution is 2.30. The number of hydrogen-bond donors (Lipinski definition) is 1. The molecule has 0 aliphatic carbocycles. The molecule has 0 aliphatic rings. The maximum Gasteiger partial charge on any atom is 0.292 e. The maximum absolute atomic E-state index is 12.8. The summed E-state index contributed by atoms with van der Waals surface area (Å²) in [6.07, 6.45) is 0. The summed E-state index contributed by atoms with van der Waals surface area (Å²) in [6, 6.07) is 33.7. The van der Waals surface area contributed by atoms with Gasteiger partial charge >= 0.3 is 0 Å². The summed E-state index contributed by atoms with van der Waals surface area (Å²) < 4.78 is 12.0. The van der Waals surface area contributed by atoms with Crippen LogP contribution in [0.2, 0.25) is 0 Å². The van der Waals surface area contributed by atoms with E-state index in [1.54, 1.807) is 18.2 Å². The van der Waals surface area contributed by atoms with E-state index >= 15 is 0 Å². The van der Waals surface area contributed by atoms with Crippen LogP contribution in [0.15, 0.2) is 109 Å². The van der Waals surface area contributed by atoms with E-state index < -0.39 is 11.7 Å². The predicted molar refractivity (Wildman–Crippen MR) is 131 cm³/mol. The van der Waals surface area contributed by atoms with Crippen LogP contribution in [0.4, 0.5) is 0 Å². The number of benzene rings is 4. The lowest BCUT2D eigenvalue weighted by Gasteiger charge is -2.14. The van der Waals surface area contributed by atoms with Gasteiger partial charge in [-0.05, 0) is 34.9 Å². The van der Waals surface area contributed by atoms with Crippen LogP contribution >= 0.6 is 0 Å². The van der Waals surface area contributed by atoms with Gasteiger partial charge in [-0.3, -0.25) is 9.59 Å². The zero-order chi connectivity index (χ0) is 23.6. The second-order valence-corrected chi connectivity index (χ2v) is 7.71. The largest absolute Gasteiger partial charge is 0.485 e. The van der Waals surface area contributed by atoms with Crippen molar-refractivity contribution in [2.45, 2.75) is 19.8 Å².